The van der Waals surface area contributed by atoms with Crippen LogP contribution in [0.3, 0.4) is 0 Å². The van der Waals surface area contributed by atoms with Crippen LogP contribution >= 0.6 is 23.1 Å². The highest BCUT2D eigenvalue weighted by Crippen LogP contribution is 2.39. The Kier molecular flexibility index (Phi) is 5.91. The molecule has 4 rings (SSSR count). The van der Waals surface area contributed by atoms with E-state index in [1.54, 1.807) is 11.5 Å². The lowest BCUT2D eigenvalue weighted by Gasteiger charge is -2.22. The predicted octanol–water partition coefficient (Wildman–Crippen LogP) is 4.58. The lowest BCUT2D eigenvalue weighted by Crippen LogP contribution is -2.47. The van der Waals surface area contributed by atoms with Crippen LogP contribution in [0.1, 0.15) is 41.3 Å². The van der Waals surface area contributed by atoms with E-state index in [2.05, 4.69) is 11.4 Å². The molecule has 0 saturated heterocycles. The molecule has 32 heavy (non-hydrogen) atoms. The average Bonchev–Trinajstić information content (AvgIpc) is 3.56. The van der Waals surface area contributed by atoms with Gasteiger partial charge in [-0.15, -0.1) is 11.3 Å². The summed E-state index contributed by atoms with van der Waals surface area (Å²) in [5.74, 6) is 0.0586. The largest absolute Gasteiger partial charge is 0.337 e. The Bertz CT molecular complexity index is 1330. The molecule has 0 radical (unpaired) electrons. The molecule has 2 heterocycles. The van der Waals surface area contributed by atoms with Crippen molar-refractivity contribution in [1.82, 2.24) is 14.9 Å². The standard InChI is InChI=1S/C24H26N4O2S2/c1-13-7-6-8-18(14(13)2)28-22(30)20-15(3)16(4)32-21(20)26-23(28)31-11-19(29)27-24(5,12-25)17-9-10-17/h6-8,17H,9-11H2,1-5H3,(H,27,29). The zero-order valence-corrected chi connectivity index (χ0v) is 20.5. The van der Waals surface area contributed by atoms with Crippen molar-refractivity contribution in [2.75, 3.05) is 5.75 Å². The first-order valence-electron chi connectivity index (χ1n) is 10.6. The SMILES string of the molecule is Cc1cccc(-n2c(SCC(=O)NC(C)(C#N)C3CC3)nc3sc(C)c(C)c3c2=O)c1C. The van der Waals surface area contributed by atoms with Gasteiger partial charge in [-0.2, -0.15) is 5.26 Å². The highest BCUT2D eigenvalue weighted by Gasteiger charge is 2.43. The Labute approximate surface area is 195 Å². The molecule has 1 unspecified atom stereocenters. The second kappa shape index (κ2) is 8.38. The molecule has 1 saturated carbocycles. The summed E-state index contributed by atoms with van der Waals surface area (Å²) in [6.07, 6.45) is 1.91. The van der Waals surface area contributed by atoms with Crippen molar-refractivity contribution in [1.29, 1.82) is 5.26 Å². The molecule has 1 aromatic carbocycles. The van der Waals surface area contributed by atoms with Crippen LogP contribution in [0.5, 0.6) is 0 Å². The van der Waals surface area contributed by atoms with Crippen LogP contribution in [-0.2, 0) is 4.79 Å². The minimum atomic E-state index is -0.843. The highest BCUT2D eigenvalue weighted by molar-refractivity contribution is 7.99. The summed E-state index contributed by atoms with van der Waals surface area (Å²) in [6, 6.07) is 8.10. The number of hydrogen-bond acceptors (Lipinski definition) is 6. The molecule has 0 aliphatic heterocycles. The molecule has 0 bridgehead atoms. The number of rotatable bonds is 6. The van der Waals surface area contributed by atoms with Crippen molar-refractivity contribution in [2.45, 2.75) is 58.2 Å². The van der Waals surface area contributed by atoms with E-state index in [-0.39, 0.29) is 23.1 Å². The Morgan fingerprint density at radius 1 is 1.31 bits per heavy atom. The Hall–Kier alpha value is -2.63. The topological polar surface area (TPSA) is 87.8 Å². The van der Waals surface area contributed by atoms with Crippen molar-refractivity contribution >= 4 is 39.2 Å². The first-order chi connectivity index (χ1) is 15.2. The van der Waals surface area contributed by atoms with E-state index in [9.17, 15) is 14.9 Å². The van der Waals surface area contributed by atoms with Gasteiger partial charge in [0, 0.05) is 4.88 Å². The highest BCUT2D eigenvalue weighted by atomic mass is 32.2. The normalized spacial score (nSPS) is 15.4. The third kappa shape index (κ3) is 3.96. The fourth-order valence-electron chi connectivity index (χ4n) is 3.90. The number of carbonyl (C=O) groups is 1. The molecule has 0 spiro atoms. The Balaban J connectivity index is 1.75. The van der Waals surface area contributed by atoms with E-state index in [4.69, 9.17) is 4.98 Å². The zero-order valence-electron chi connectivity index (χ0n) is 18.9. The van der Waals surface area contributed by atoms with E-state index >= 15 is 0 Å². The molecule has 1 fully saturated rings. The number of thioether (sulfide) groups is 1. The molecule has 166 valence electrons. The second-order valence-electron chi connectivity index (χ2n) is 8.64. The first-order valence-corrected chi connectivity index (χ1v) is 12.4. The van der Waals surface area contributed by atoms with Crippen molar-refractivity contribution in [3.63, 3.8) is 0 Å². The number of thiophene rings is 1. The third-order valence-corrected chi connectivity index (χ3v) is 8.39. The summed E-state index contributed by atoms with van der Waals surface area (Å²) in [4.78, 5) is 32.9. The maximum absolute atomic E-state index is 13.6. The van der Waals surface area contributed by atoms with Gasteiger partial charge in [0.25, 0.3) is 5.56 Å². The molecule has 6 nitrogen and oxygen atoms in total. The van der Waals surface area contributed by atoms with Gasteiger partial charge >= 0.3 is 0 Å². The molecular formula is C24H26N4O2S2. The fraction of sp³-hybridized carbons (Fsp3) is 0.417. The van der Waals surface area contributed by atoms with Crippen molar-refractivity contribution < 1.29 is 4.79 Å². The number of benzene rings is 1. The zero-order chi connectivity index (χ0) is 23.2. The van der Waals surface area contributed by atoms with Crippen molar-refractivity contribution in [3.8, 4) is 11.8 Å². The van der Waals surface area contributed by atoms with Gasteiger partial charge < -0.3 is 5.32 Å². The Morgan fingerprint density at radius 2 is 2.03 bits per heavy atom. The summed E-state index contributed by atoms with van der Waals surface area (Å²) in [5.41, 5.74) is 2.84. The van der Waals surface area contributed by atoms with E-state index in [1.807, 2.05) is 45.9 Å². The summed E-state index contributed by atoms with van der Waals surface area (Å²) >= 11 is 2.73. The maximum atomic E-state index is 13.6. The molecule has 1 N–H and O–H groups in total. The lowest BCUT2D eigenvalue weighted by molar-refractivity contribution is -0.119. The molecule has 1 aliphatic rings. The third-order valence-electron chi connectivity index (χ3n) is 6.35. The molecular weight excluding hydrogens is 440 g/mol. The monoisotopic (exact) mass is 466 g/mol. The quantitative estimate of drug-likeness (QED) is 0.424. The van der Waals surface area contributed by atoms with E-state index in [0.717, 1.165) is 40.1 Å². The number of aryl methyl sites for hydroxylation is 3. The van der Waals surface area contributed by atoms with Crippen LogP contribution in [0.25, 0.3) is 15.9 Å². The van der Waals surface area contributed by atoms with Crippen LogP contribution in [-0.4, -0.2) is 26.8 Å². The Morgan fingerprint density at radius 3 is 2.69 bits per heavy atom. The predicted molar refractivity (Wildman–Crippen MR) is 130 cm³/mol. The first kappa shape index (κ1) is 22.6. The van der Waals surface area contributed by atoms with Crippen LogP contribution in [0, 0.1) is 44.9 Å². The van der Waals surface area contributed by atoms with Gasteiger partial charge in [-0.1, -0.05) is 23.9 Å². The maximum Gasteiger partial charge on any atom is 0.267 e. The summed E-state index contributed by atoms with van der Waals surface area (Å²) in [6.45, 7) is 9.72. The fourth-order valence-corrected chi connectivity index (χ4v) is 5.78. The molecule has 8 heteroatoms. The van der Waals surface area contributed by atoms with Gasteiger partial charge in [-0.25, -0.2) is 4.98 Å². The van der Waals surface area contributed by atoms with Gasteiger partial charge in [0.2, 0.25) is 5.91 Å². The smallest absolute Gasteiger partial charge is 0.267 e. The van der Waals surface area contributed by atoms with Crippen LogP contribution in [0.4, 0.5) is 0 Å². The molecule has 2 aromatic heterocycles. The summed E-state index contributed by atoms with van der Waals surface area (Å²) < 4.78 is 1.63. The van der Waals surface area contributed by atoms with E-state index < -0.39 is 5.54 Å². The van der Waals surface area contributed by atoms with Gasteiger partial charge in [-0.3, -0.25) is 14.2 Å². The van der Waals surface area contributed by atoms with Crippen LogP contribution in [0.15, 0.2) is 28.2 Å². The number of hydrogen-bond donors (Lipinski definition) is 1. The molecule has 1 atom stereocenters. The van der Waals surface area contributed by atoms with Gasteiger partial charge in [0.1, 0.15) is 10.4 Å². The van der Waals surface area contributed by atoms with E-state index in [0.29, 0.717) is 15.4 Å². The van der Waals surface area contributed by atoms with Crippen molar-refractivity contribution in [2.24, 2.45) is 5.92 Å². The van der Waals surface area contributed by atoms with Crippen molar-refractivity contribution in [3.05, 3.63) is 50.1 Å². The summed E-state index contributed by atoms with van der Waals surface area (Å²) in [5, 5.41) is 13.5. The molecule has 3 aromatic rings. The molecule has 1 aliphatic carbocycles. The number of nitriles is 1. The number of carbonyl (C=O) groups excluding carboxylic acids is 1. The summed E-state index contributed by atoms with van der Waals surface area (Å²) in [7, 11) is 0. The minimum Gasteiger partial charge on any atom is -0.337 e. The second-order valence-corrected chi connectivity index (χ2v) is 10.8. The van der Waals surface area contributed by atoms with Gasteiger partial charge in [0.15, 0.2) is 5.16 Å². The number of amides is 1. The van der Waals surface area contributed by atoms with Crippen LogP contribution in [0.2, 0.25) is 0 Å². The number of fused-ring (bicyclic) bond motifs is 1. The number of nitrogens with zero attached hydrogens (tertiary/aromatic N) is 3. The number of nitrogens with one attached hydrogen (secondary N) is 1. The lowest BCUT2D eigenvalue weighted by atomic mass is 9.98. The van der Waals surface area contributed by atoms with Crippen LogP contribution < -0.4 is 10.9 Å². The van der Waals surface area contributed by atoms with E-state index in [1.165, 1.54) is 23.1 Å². The molecule has 1 amide bonds. The average molecular weight is 467 g/mol. The van der Waals surface area contributed by atoms with Gasteiger partial charge in [-0.05, 0) is 76.1 Å². The minimum absolute atomic E-state index is 0.0795. The van der Waals surface area contributed by atoms with Gasteiger partial charge in [0.05, 0.1) is 22.9 Å². The number of aromatic nitrogens is 2.